The molecule has 1 aromatic heterocycles. The monoisotopic (exact) mass is 353 g/mol. The van der Waals surface area contributed by atoms with Crippen LogP contribution in [0.5, 0.6) is 0 Å². The van der Waals surface area contributed by atoms with Gasteiger partial charge in [0.25, 0.3) is 0 Å². The van der Waals surface area contributed by atoms with E-state index in [4.69, 9.17) is 0 Å². The van der Waals surface area contributed by atoms with Gasteiger partial charge in [-0.1, -0.05) is 11.8 Å². The van der Waals surface area contributed by atoms with Gasteiger partial charge in [0.15, 0.2) is 9.84 Å². The van der Waals surface area contributed by atoms with Gasteiger partial charge in [0.1, 0.15) is 11.6 Å². The molecule has 1 N–H and O–H groups in total. The Hall–Kier alpha value is -1.86. The summed E-state index contributed by atoms with van der Waals surface area (Å²) in [5, 5.41) is 0.792. The maximum absolute atomic E-state index is 14.2. The lowest BCUT2D eigenvalue weighted by molar-refractivity contribution is 0.586. The van der Waals surface area contributed by atoms with Crippen LogP contribution >= 0.6 is 11.8 Å². The summed E-state index contributed by atoms with van der Waals surface area (Å²) in [7, 11) is -3.45. The highest BCUT2D eigenvalue weighted by Crippen LogP contribution is 2.38. The summed E-state index contributed by atoms with van der Waals surface area (Å²) in [4.78, 5) is 4.10. The van der Waals surface area contributed by atoms with Crippen LogP contribution in [0.2, 0.25) is 0 Å². The van der Waals surface area contributed by atoms with Crippen molar-refractivity contribution in [1.82, 2.24) is 4.98 Å². The number of hydrogen-bond acceptors (Lipinski definition) is 3. The molecule has 2 aromatic carbocycles. The van der Waals surface area contributed by atoms with Crippen LogP contribution in [0.25, 0.3) is 10.9 Å². The van der Waals surface area contributed by atoms with Crippen molar-refractivity contribution in [1.29, 1.82) is 0 Å². The van der Waals surface area contributed by atoms with Crippen molar-refractivity contribution in [3.63, 3.8) is 0 Å². The van der Waals surface area contributed by atoms with Gasteiger partial charge in [0.05, 0.1) is 4.90 Å². The second kappa shape index (κ2) is 5.65. The molecule has 7 heteroatoms. The van der Waals surface area contributed by atoms with Crippen LogP contribution < -0.4 is 0 Å². The number of halogens is 2. The first-order chi connectivity index (χ1) is 10.8. The molecule has 3 nitrogen and oxygen atoms in total. The number of aromatic amines is 1. The van der Waals surface area contributed by atoms with Gasteiger partial charge >= 0.3 is 0 Å². The van der Waals surface area contributed by atoms with E-state index in [-0.39, 0.29) is 10.7 Å². The zero-order valence-electron chi connectivity index (χ0n) is 12.4. The fourth-order valence-electron chi connectivity index (χ4n) is 2.32. The average Bonchev–Trinajstić information content (AvgIpc) is 2.75. The highest BCUT2D eigenvalue weighted by molar-refractivity contribution is 7.99. The maximum atomic E-state index is 14.2. The topological polar surface area (TPSA) is 49.9 Å². The summed E-state index contributed by atoms with van der Waals surface area (Å²) < 4.78 is 50.4. The third-order valence-corrected chi connectivity index (χ3v) is 5.82. The largest absolute Gasteiger partial charge is 0.358 e. The van der Waals surface area contributed by atoms with Crippen molar-refractivity contribution in [2.24, 2.45) is 0 Å². The van der Waals surface area contributed by atoms with E-state index in [1.807, 2.05) is 6.92 Å². The first-order valence-corrected chi connectivity index (χ1v) is 9.42. The molecular formula is C16H13F2NO2S2. The van der Waals surface area contributed by atoms with E-state index in [0.717, 1.165) is 28.3 Å². The van der Waals surface area contributed by atoms with Crippen molar-refractivity contribution in [2.75, 3.05) is 6.26 Å². The minimum Gasteiger partial charge on any atom is -0.358 e. The zero-order valence-corrected chi connectivity index (χ0v) is 14.0. The third-order valence-electron chi connectivity index (χ3n) is 3.43. The van der Waals surface area contributed by atoms with E-state index >= 15 is 0 Å². The highest BCUT2D eigenvalue weighted by Gasteiger charge is 2.15. The number of fused-ring (bicyclic) bond motifs is 1. The minimum atomic E-state index is -3.45. The number of H-pyrrole nitrogens is 1. The molecule has 3 rings (SSSR count). The molecule has 1 heterocycles. The lowest BCUT2D eigenvalue weighted by Gasteiger charge is -2.05. The number of nitrogens with one attached hydrogen (secondary N) is 1. The first kappa shape index (κ1) is 16.0. The Kier molecular flexibility index (Phi) is 3.93. The van der Waals surface area contributed by atoms with E-state index < -0.39 is 15.7 Å². The molecule has 120 valence electrons. The molecule has 0 atom stereocenters. The summed E-state index contributed by atoms with van der Waals surface area (Å²) in [6.45, 7) is 1.82. The van der Waals surface area contributed by atoms with Crippen LogP contribution in [0, 0.1) is 18.6 Å². The lowest BCUT2D eigenvalue weighted by Crippen LogP contribution is -1.98. The Morgan fingerprint density at radius 1 is 1.09 bits per heavy atom. The van der Waals surface area contributed by atoms with Gasteiger partial charge in [-0.25, -0.2) is 17.2 Å². The van der Waals surface area contributed by atoms with Gasteiger partial charge in [-0.05, 0) is 43.3 Å². The molecule has 0 saturated carbocycles. The van der Waals surface area contributed by atoms with Gasteiger partial charge in [0, 0.05) is 32.6 Å². The van der Waals surface area contributed by atoms with Crippen LogP contribution in [0.3, 0.4) is 0 Å². The fraction of sp³-hybridized carbons (Fsp3) is 0.125. The SMILES string of the molecule is Cc1[nH]c2cc(F)ccc2c1Sc1ccc(S(C)(=O)=O)cc1F. The second-order valence-electron chi connectivity index (χ2n) is 5.24. The molecule has 0 radical (unpaired) electrons. The first-order valence-electron chi connectivity index (χ1n) is 6.71. The zero-order chi connectivity index (χ0) is 16.8. The summed E-state index contributed by atoms with van der Waals surface area (Å²) in [5.41, 5.74) is 1.43. The maximum Gasteiger partial charge on any atom is 0.175 e. The average molecular weight is 353 g/mol. The molecule has 0 spiro atoms. The van der Waals surface area contributed by atoms with Crippen LogP contribution in [0.15, 0.2) is 51.1 Å². The van der Waals surface area contributed by atoms with Crippen LogP contribution in [0.1, 0.15) is 5.69 Å². The lowest BCUT2D eigenvalue weighted by atomic mass is 10.2. The van der Waals surface area contributed by atoms with Crippen LogP contribution in [-0.4, -0.2) is 19.7 Å². The Balaban J connectivity index is 2.04. The van der Waals surface area contributed by atoms with Gasteiger partial charge < -0.3 is 4.98 Å². The van der Waals surface area contributed by atoms with E-state index in [0.29, 0.717) is 10.4 Å². The summed E-state index contributed by atoms with van der Waals surface area (Å²) in [6.07, 6.45) is 1.03. The molecule has 0 aliphatic heterocycles. The number of aromatic nitrogens is 1. The van der Waals surface area contributed by atoms with Gasteiger partial charge in [-0.2, -0.15) is 0 Å². The van der Waals surface area contributed by atoms with Crippen molar-refractivity contribution in [3.05, 3.63) is 53.7 Å². The standard InChI is InChI=1S/C16H13F2NO2S2/c1-9-16(12-5-3-10(17)7-14(12)19-9)22-15-6-4-11(8-13(15)18)23(2,20)21/h3-8,19H,1-2H3. The smallest absolute Gasteiger partial charge is 0.175 e. The molecular weight excluding hydrogens is 340 g/mol. The molecule has 0 unspecified atom stereocenters. The number of aryl methyl sites for hydroxylation is 1. The molecule has 0 fully saturated rings. The van der Waals surface area contributed by atoms with E-state index in [1.165, 1.54) is 36.0 Å². The molecule has 0 aliphatic rings. The fourth-order valence-corrected chi connectivity index (χ4v) is 3.95. The number of rotatable bonds is 3. The van der Waals surface area contributed by atoms with Crippen molar-refractivity contribution in [3.8, 4) is 0 Å². The van der Waals surface area contributed by atoms with Crippen LogP contribution in [-0.2, 0) is 9.84 Å². The van der Waals surface area contributed by atoms with E-state index in [1.54, 1.807) is 6.07 Å². The minimum absolute atomic E-state index is 0.0583. The summed E-state index contributed by atoms with van der Waals surface area (Å²) in [5.74, 6) is -0.951. The predicted octanol–water partition coefficient (Wildman–Crippen LogP) is 4.31. The van der Waals surface area contributed by atoms with Crippen molar-refractivity contribution < 1.29 is 17.2 Å². The van der Waals surface area contributed by atoms with E-state index in [2.05, 4.69) is 4.98 Å². The number of sulfone groups is 1. The highest BCUT2D eigenvalue weighted by atomic mass is 32.2. The Labute approximate surface area is 136 Å². The van der Waals surface area contributed by atoms with Crippen LogP contribution in [0.4, 0.5) is 8.78 Å². The summed E-state index contributed by atoms with van der Waals surface area (Å²) in [6, 6.07) is 8.21. The normalized spacial score (nSPS) is 12.0. The molecule has 23 heavy (non-hydrogen) atoms. The summed E-state index contributed by atoms with van der Waals surface area (Å²) >= 11 is 1.18. The predicted molar refractivity (Wildman–Crippen MR) is 86.6 cm³/mol. The van der Waals surface area contributed by atoms with Gasteiger partial charge in [-0.3, -0.25) is 0 Å². The molecule has 0 bridgehead atoms. The molecule has 0 amide bonds. The number of hydrogen-bond donors (Lipinski definition) is 1. The van der Waals surface area contributed by atoms with Gasteiger partial charge in [0.2, 0.25) is 0 Å². The third kappa shape index (κ3) is 3.11. The van der Waals surface area contributed by atoms with Crippen molar-refractivity contribution >= 4 is 32.5 Å². The quantitative estimate of drug-likeness (QED) is 0.763. The van der Waals surface area contributed by atoms with Crippen molar-refractivity contribution in [2.45, 2.75) is 21.6 Å². The second-order valence-corrected chi connectivity index (χ2v) is 8.30. The van der Waals surface area contributed by atoms with Gasteiger partial charge in [-0.15, -0.1) is 0 Å². The van der Waals surface area contributed by atoms with E-state index in [9.17, 15) is 17.2 Å². The molecule has 0 aliphatic carbocycles. The Bertz CT molecular complexity index is 1010. The molecule has 3 aromatic rings. The Morgan fingerprint density at radius 3 is 2.48 bits per heavy atom. The Morgan fingerprint density at radius 2 is 1.83 bits per heavy atom. The molecule has 0 saturated heterocycles. The number of benzene rings is 2.